The van der Waals surface area contributed by atoms with Crippen molar-refractivity contribution in [1.82, 2.24) is 4.98 Å². The van der Waals surface area contributed by atoms with Crippen molar-refractivity contribution in [3.05, 3.63) is 45.4 Å². The first kappa shape index (κ1) is 16.7. The van der Waals surface area contributed by atoms with Crippen molar-refractivity contribution in [3.8, 4) is 16.3 Å². The molecule has 6 heteroatoms. The number of benzene rings is 1. The summed E-state index contributed by atoms with van der Waals surface area (Å²) in [5, 5.41) is 2.71. The zero-order chi connectivity index (χ0) is 16.1. The quantitative estimate of drug-likeness (QED) is 0.561. The summed E-state index contributed by atoms with van der Waals surface area (Å²) in [6.45, 7) is 3.86. The van der Waals surface area contributed by atoms with Gasteiger partial charge in [0, 0.05) is 15.9 Å². The average Bonchev–Trinajstić information content (AvgIpc) is 2.93. The van der Waals surface area contributed by atoms with E-state index in [2.05, 4.69) is 20.9 Å². The van der Waals surface area contributed by atoms with Crippen LogP contribution in [0.5, 0.6) is 5.75 Å². The number of rotatable bonds is 5. The molecular formula is C16H16BrNO3S. The topological polar surface area (TPSA) is 48.4 Å². The number of thiazole rings is 1. The summed E-state index contributed by atoms with van der Waals surface area (Å²) in [5.74, 6) is 0.403. The Morgan fingerprint density at radius 3 is 2.86 bits per heavy atom. The van der Waals surface area contributed by atoms with Gasteiger partial charge in [-0.25, -0.2) is 9.78 Å². The summed E-state index contributed by atoms with van der Waals surface area (Å²) >= 11 is 4.94. The zero-order valence-corrected chi connectivity index (χ0v) is 15.0. The lowest BCUT2D eigenvalue weighted by Gasteiger charge is -2.06. The molecule has 0 bridgehead atoms. The van der Waals surface area contributed by atoms with Crippen LogP contribution in [-0.4, -0.2) is 18.1 Å². The number of aromatic nitrogens is 1. The fourth-order valence-electron chi connectivity index (χ4n) is 1.77. The zero-order valence-electron chi connectivity index (χ0n) is 12.6. The van der Waals surface area contributed by atoms with Crippen LogP contribution in [0.2, 0.25) is 0 Å². The molecule has 1 aromatic heterocycles. The van der Waals surface area contributed by atoms with Crippen LogP contribution in [-0.2, 0) is 16.1 Å². The van der Waals surface area contributed by atoms with Crippen LogP contribution in [0.15, 0.2) is 39.7 Å². The van der Waals surface area contributed by atoms with Crippen molar-refractivity contribution in [2.45, 2.75) is 20.5 Å². The predicted octanol–water partition coefficient (Wildman–Crippen LogP) is 4.59. The van der Waals surface area contributed by atoms with Crippen LogP contribution >= 0.6 is 27.3 Å². The molecule has 0 fully saturated rings. The van der Waals surface area contributed by atoms with Gasteiger partial charge in [-0.2, -0.15) is 0 Å². The maximum Gasteiger partial charge on any atom is 0.331 e. The summed E-state index contributed by atoms with van der Waals surface area (Å²) in [5.41, 5.74) is 2.53. The first-order chi connectivity index (χ1) is 10.5. The first-order valence-electron chi connectivity index (χ1n) is 6.59. The van der Waals surface area contributed by atoms with Gasteiger partial charge < -0.3 is 9.47 Å². The van der Waals surface area contributed by atoms with E-state index in [0.717, 1.165) is 32.1 Å². The monoisotopic (exact) mass is 381 g/mol. The minimum atomic E-state index is -0.352. The molecule has 0 N–H and O–H groups in total. The number of carbonyl (C=O) groups excluding carboxylic acids is 1. The van der Waals surface area contributed by atoms with E-state index in [0.29, 0.717) is 0 Å². The third-order valence-electron chi connectivity index (χ3n) is 2.71. The number of hydrogen-bond donors (Lipinski definition) is 0. The Labute approximate surface area is 141 Å². The second-order valence-electron chi connectivity index (χ2n) is 4.82. The number of nitrogens with zero attached hydrogens (tertiary/aromatic N) is 1. The Kier molecular flexibility index (Phi) is 5.74. The minimum absolute atomic E-state index is 0.162. The Balaban J connectivity index is 2.13. The molecule has 2 aromatic rings. The molecule has 4 nitrogen and oxygen atoms in total. The molecule has 0 saturated heterocycles. The molecule has 0 spiro atoms. The lowest BCUT2D eigenvalue weighted by Crippen LogP contribution is -2.01. The highest BCUT2D eigenvalue weighted by Crippen LogP contribution is 2.34. The van der Waals surface area contributed by atoms with E-state index in [9.17, 15) is 4.79 Å². The van der Waals surface area contributed by atoms with Gasteiger partial charge in [0.2, 0.25) is 0 Å². The van der Waals surface area contributed by atoms with Crippen LogP contribution in [0, 0.1) is 0 Å². The van der Waals surface area contributed by atoms with Crippen LogP contribution in [0.1, 0.15) is 19.5 Å². The Morgan fingerprint density at radius 1 is 1.41 bits per heavy atom. The van der Waals surface area contributed by atoms with E-state index in [1.165, 1.54) is 17.4 Å². The molecule has 0 aliphatic heterocycles. The van der Waals surface area contributed by atoms with Gasteiger partial charge in [0.1, 0.15) is 17.4 Å². The molecular weight excluding hydrogens is 366 g/mol. The van der Waals surface area contributed by atoms with E-state index in [1.54, 1.807) is 7.11 Å². The van der Waals surface area contributed by atoms with Crippen LogP contribution in [0.3, 0.4) is 0 Å². The van der Waals surface area contributed by atoms with Gasteiger partial charge in [-0.05, 0) is 32.0 Å². The Bertz CT molecular complexity index is 705. The van der Waals surface area contributed by atoms with Gasteiger partial charge >= 0.3 is 5.97 Å². The highest BCUT2D eigenvalue weighted by molar-refractivity contribution is 9.10. The van der Waals surface area contributed by atoms with Crippen LogP contribution < -0.4 is 4.74 Å². The molecule has 0 radical (unpaired) electrons. The van der Waals surface area contributed by atoms with Crippen molar-refractivity contribution >= 4 is 33.2 Å². The van der Waals surface area contributed by atoms with Gasteiger partial charge in [0.25, 0.3) is 0 Å². The molecule has 1 aromatic carbocycles. The number of ether oxygens (including phenoxy) is 2. The first-order valence-corrected chi connectivity index (χ1v) is 8.27. The fraction of sp³-hybridized carbons (Fsp3) is 0.250. The van der Waals surface area contributed by atoms with Crippen molar-refractivity contribution in [2.75, 3.05) is 7.11 Å². The molecule has 116 valence electrons. The molecule has 2 rings (SSSR count). The van der Waals surface area contributed by atoms with E-state index in [-0.39, 0.29) is 12.6 Å². The highest BCUT2D eigenvalue weighted by atomic mass is 79.9. The molecule has 0 aliphatic rings. The maximum atomic E-state index is 11.5. The number of carbonyl (C=O) groups is 1. The third kappa shape index (κ3) is 4.42. The van der Waals surface area contributed by atoms with Crippen molar-refractivity contribution in [3.63, 3.8) is 0 Å². The fourth-order valence-corrected chi connectivity index (χ4v) is 2.95. The second kappa shape index (κ2) is 7.56. The summed E-state index contributed by atoms with van der Waals surface area (Å²) < 4.78 is 11.5. The summed E-state index contributed by atoms with van der Waals surface area (Å²) in [6, 6.07) is 5.75. The molecule has 0 saturated carbocycles. The number of methoxy groups -OCH3 is 1. The second-order valence-corrected chi connectivity index (χ2v) is 6.59. The highest BCUT2D eigenvalue weighted by Gasteiger charge is 2.12. The summed E-state index contributed by atoms with van der Waals surface area (Å²) in [4.78, 5) is 16.0. The predicted molar refractivity (Wildman–Crippen MR) is 91.0 cm³/mol. The summed E-state index contributed by atoms with van der Waals surface area (Å²) in [7, 11) is 1.63. The number of hydrogen-bond acceptors (Lipinski definition) is 5. The van der Waals surface area contributed by atoms with Gasteiger partial charge in [0.05, 0.1) is 18.4 Å². The lowest BCUT2D eigenvalue weighted by atomic mass is 10.2. The van der Waals surface area contributed by atoms with Gasteiger partial charge in [-0.3, -0.25) is 0 Å². The Hall–Kier alpha value is -1.66. The smallest absolute Gasteiger partial charge is 0.331 e. The third-order valence-corrected chi connectivity index (χ3v) is 4.13. The molecule has 1 heterocycles. The normalized spacial score (nSPS) is 10.2. The standard InChI is InChI=1S/C16H16BrNO3S/c1-10(2)6-15(19)21-8-12-9-22-16(18-12)13-7-11(17)4-5-14(13)20-3/h4-7,9H,8H2,1-3H3. The van der Waals surface area contributed by atoms with E-state index in [4.69, 9.17) is 9.47 Å². The molecule has 0 atom stereocenters. The number of allylic oxidation sites excluding steroid dienone is 1. The molecule has 0 amide bonds. The minimum Gasteiger partial charge on any atom is -0.496 e. The number of esters is 1. The van der Waals surface area contributed by atoms with Crippen molar-refractivity contribution in [1.29, 1.82) is 0 Å². The van der Waals surface area contributed by atoms with Gasteiger partial charge in [-0.1, -0.05) is 21.5 Å². The SMILES string of the molecule is COc1ccc(Br)cc1-c1nc(COC(=O)C=C(C)C)cs1. The van der Waals surface area contributed by atoms with E-state index < -0.39 is 0 Å². The van der Waals surface area contributed by atoms with Gasteiger partial charge in [0.15, 0.2) is 0 Å². The summed E-state index contributed by atoms with van der Waals surface area (Å²) in [6.07, 6.45) is 1.46. The van der Waals surface area contributed by atoms with Crippen molar-refractivity contribution < 1.29 is 14.3 Å². The van der Waals surface area contributed by atoms with E-state index >= 15 is 0 Å². The van der Waals surface area contributed by atoms with Gasteiger partial charge in [-0.15, -0.1) is 11.3 Å². The van der Waals surface area contributed by atoms with Crippen molar-refractivity contribution in [2.24, 2.45) is 0 Å². The Morgan fingerprint density at radius 2 is 2.18 bits per heavy atom. The maximum absolute atomic E-state index is 11.5. The lowest BCUT2D eigenvalue weighted by molar-refractivity contribution is -0.139. The van der Waals surface area contributed by atoms with E-state index in [1.807, 2.05) is 37.4 Å². The molecule has 0 aliphatic carbocycles. The van der Waals surface area contributed by atoms with Crippen LogP contribution in [0.4, 0.5) is 0 Å². The average molecular weight is 382 g/mol. The number of halogens is 1. The molecule has 0 unspecified atom stereocenters. The largest absolute Gasteiger partial charge is 0.496 e. The molecule has 22 heavy (non-hydrogen) atoms. The van der Waals surface area contributed by atoms with Crippen LogP contribution in [0.25, 0.3) is 10.6 Å².